The zero-order chi connectivity index (χ0) is 14.2. The highest BCUT2D eigenvalue weighted by atomic mass is 79.9. The van der Waals surface area contributed by atoms with Crippen molar-refractivity contribution in [3.8, 4) is 5.75 Å². The second-order valence-corrected chi connectivity index (χ2v) is 5.18. The molecule has 105 valence electrons. The topological polar surface area (TPSA) is 18.5 Å². The van der Waals surface area contributed by atoms with Gasteiger partial charge in [0.2, 0.25) is 0 Å². The summed E-state index contributed by atoms with van der Waals surface area (Å²) in [5.41, 5.74) is 1.06. The predicted octanol–water partition coefficient (Wildman–Crippen LogP) is 4.18. The van der Waals surface area contributed by atoms with Gasteiger partial charge in [0.25, 0.3) is 0 Å². The van der Waals surface area contributed by atoms with Crippen LogP contribution in [0.5, 0.6) is 5.75 Å². The summed E-state index contributed by atoms with van der Waals surface area (Å²) in [7, 11) is 0. The van der Waals surface area contributed by atoms with E-state index in [-0.39, 0.29) is 6.61 Å². The van der Waals surface area contributed by atoms with E-state index >= 15 is 0 Å². The van der Waals surface area contributed by atoms with Crippen LogP contribution < -0.4 is 4.74 Å². The van der Waals surface area contributed by atoms with Crippen LogP contribution in [0.3, 0.4) is 0 Å². The van der Waals surface area contributed by atoms with Crippen LogP contribution in [-0.2, 0) is 11.3 Å². The summed E-state index contributed by atoms with van der Waals surface area (Å²) in [5, 5.41) is 0. The van der Waals surface area contributed by atoms with Crippen LogP contribution in [-0.4, -0.2) is 19.4 Å². The molecule has 0 fully saturated rings. The van der Waals surface area contributed by atoms with Gasteiger partial charge in [0.15, 0.2) is 6.10 Å². The standard InChI is InChI=1S/C16H15BrFO2/c17-14-6-8-15(9-7-14)20-16(10-18)12-19-11-13-4-2-1-3-5-13/h1-8,16H,10-12H2/t16-/m0/s1. The largest absolute Gasteiger partial charge is 0.485 e. The molecule has 1 radical (unpaired) electrons. The van der Waals surface area contributed by atoms with Crippen molar-refractivity contribution >= 4 is 15.9 Å². The number of alkyl halides is 1. The van der Waals surface area contributed by atoms with Gasteiger partial charge in [-0.05, 0) is 23.8 Å². The monoisotopic (exact) mass is 337 g/mol. The van der Waals surface area contributed by atoms with Gasteiger partial charge in [-0.15, -0.1) is 0 Å². The van der Waals surface area contributed by atoms with Crippen molar-refractivity contribution in [2.75, 3.05) is 13.3 Å². The highest BCUT2D eigenvalue weighted by molar-refractivity contribution is 9.10. The van der Waals surface area contributed by atoms with Gasteiger partial charge in [-0.25, -0.2) is 4.39 Å². The Morgan fingerprint density at radius 3 is 2.60 bits per heavy atom. The van der Waals surface area contributed by atoms with Gasteiger partial charge in [0.05, 0.1) is 13.2 Å². The number of hydrogen-bond donors (Lipinski definition) is 0. The van der Waals surface area contributed by atoms with E-state index in [2.05, 4.69) is 22.0 Å². The molecule has 20 heavy (non-hydrogen) atoms. The molecule has 0 saturated heterocycles. The molecule has 0 spiro atoms. The summed E-state index contributed by atoms with van der Waals surface area (Å²) in [6.07, 6.45) is -0.615. The second-order valence-electron chi connectivity index (χ2n) is 4.27. The quantitative estimate of drug-likeness (QED) is 0.754. The summed E-state index contributed by atoms with van der Waals surface area (Å²) in [4.78, 5) is 0. The van der Waals surface area contributed by atoms with Gasteiger partial charge in [0, 0.05) is 10.5 Å². The third-order valence-corrected chi connectivity index (χ3v) is 3.12. The summed E-state index contributed by atoms with van der Waals surface area (Å²) in [6, 6.07) is 18.0. The minimum absolute atomic E-state index is 0.204. The SMILES string of the molecule is FC[C@@H](COCc1ccccc1)Oc1[c]cc(Br)cc1. The van der Waals surface area contributed by atoms with E-state index in [4.69, 9.17) is 9.47 Å². The first-order chi connectivity index (χ1) is 9.78. The molecule has 4 heteroatoms. The summed E-state index contributed by atoms with van der Waals surface area (Å²) in [6.45, 7) is 0.0543. The van der Waals surface area contributed by atoms with E-state index in [1.807, 2.05) is 36.4 Å². The molecular weight excluding hydrogens is 323 g/mol. The molecule has 0 saturated carbocycles. The van der Waals surface area contributed by atoms with Crippen LogP contribution >= 0.6 is 15.9 Å². The molecule has 0 aliphatic carbocycles. The van der Waals surface area contributed by atoms with Crippen LogP contribution in [0.2, 0.25) is 0 Å². The van der Waals surface area contributed by atoms with E-state index in [1.165, 1.54) is 0 Å². The second kappa shape index (κ2) is 8.02. The van der Waals surface area contributed by atoms with Crippen molar-refractivity contribution in [3.63, 3.8) is 0 Å². The summed E-state index contributed by atoms with van der Waals surface area (Å²) in [5.74, 6) is 0.513. The van der Waals surface area contributed by atoms with Crippen molar-refractivity contribution in [3.05, 3.63) is 64.6 Å². The van der Waals surface area contributed by atoms with Crippen molar-refractivity contribution in [1.82, 2.24) is 0 Å². The Balaban J connectivity index is 1.79. The van der Waals surface area contributed by atoms with Gasteiger partial charge in [-0.2, -0.15) is 0 Å². The molecule has 1 atom stereocenters. The third-order valence-electron chi connectivity index (χ3n) is 2.63. The first kappa shape index (κ1) is 15.0. The molecule has 2 nitrogen and oxygen atoms in total. The zero-order valence-corrected chi connectivity index (χ0v) is 12.5. The van der Waals surface area contributed by atoms with Crippen LogP contribution in [0.15, 0.2) is 53.0 Å². The minimum atomic E-state index is -0.615. The van der Waals surface area contributed by atoms with E-state index in [1.54, 1.807) is 12.1 Å². The Morgan fingerprint density at radius 2 is 1.95 bits per heavy atom. The lowest BCUT2D eigenvalue weighted by Gasteiger charge is -2.16. The lowest BCUT2D eigenvalue weighted by molar-refractivity contribution is 0.0296. The van der Waals surface area contributed by atoms with Gasteiger partial charge in [-0.3, -0.25) is 0 Å². The number of hydrogen-bond acceptors (Lipinski definition) is 2. The maximum atomic E-state index is 12.9. The number of rotatable bonds is 7. The molecule has 0 N–H and O–H groups in total. The predicted molar refractivity (Wildman–Crippen MR) is 79.5 cm³/mol. The lowest BCUT2D eigenvalue weighted by atomic mass is 10.2. The average molecular weight is 338 g/mol. The van der Waals surface area contributed by atoms with Crippen molar-refractivity contribution in [2.45, 2.75) is 12.7 Å². The van der Waals surface area contributed by atoms with E-state index in [9.17, 15) is 4.39 Å². The fraction of sp³-hybridized carbons (Fsp3) is 0.250. The van der Waals surface area contributed by atoms with Gasteiger partial charge >= 0.3 is 0 Å². The molecular formula is C16H15BrFO2. The molecule has 0 aromatic heterocycles. The van der Waals surface area contributed by atoms with Crippen LogP contribution in [0.25, 0.3) is 0 Å². The lowest BCUT2D eigenvalue weighted by Crippen LogP contribution is -2.25. The highest BCUT2D eigenvalue weighted by Crippen LogP contribution is 2.17. The van der Waals surface area contributed by atoms with Crippen molar-refractivity contribution in [2.24, 2.45) is 0 Å². The van der Waals surface area contributed by atoms with Crippen LogP contribution in [0.1, 0.15) is 5.56 Å². The Morgan fingerprint density at radius 1 is 1.15 bits per heavy atom. The Bertz CT molecular complexity index is 502. The van der Waals surface area contributed by atoms with Gasteiger partial charge < -0.3 is 9.47 Å². The molecule has 2 rings (SSSR count). The van der Waals surface area contributed by atoms with E-state index < -0.39 is 12.8 Å². The van der Waals surface area contributed by atoms with E-state index in [0.29, 0.717) is 12.4 Å². The third kappa shape index (κ3) is 4.94. The molecule has 0 unspecified atom stereocenters. The molecule has 0 bridgehead atoms. The molecule has 2 aromatic carbocycles. The Labute approximate surface area is 126 Å². The number of ether oxygens (including phenoxy) is 2. The van der Waals surface area contributed by atoms with E-state index in [0.717, 1.165) is 10.0 Å². The molecule has 2 aromatic rings. The van der Waals surface area contributed by atoms with Crippen molar-refractivity contribution in [1.29, 1.82) is 0 Å². The summed E-state index contributed by atoms with van der Waals surface area (Å²) < 4.78 is 24.8. The fourth-order valence-electron chi connectivity index (χ4n) is 1.64. The van der Waals surface area contributed by atoms with Gasteiger partial charge in [0.1, 0.15) is 12.4 Å². The molecule has 0 heterocycles. The Kier molecular flexibility index (Phi) is 6.02. The van der Waals surface area contributed by atoms with Gasteiger partial charge in [-0.1, -0.05) is 46.3 Å². The fourth-order valence-corrected chi connectivity index (χ4v) is 1.88. The minimum Gasteiger partial charge on any atom is -0.485 e. The first-order valence-electron chi connectivity index (χ1n) is 6.29. The maximum absolute atomic E-state index is 12.9. The molecule has 0 aliphatic heterocycles. The maximum Gasteiger partial charge on any atom is 0.150 e. The Hall–Kier alpha value is -1.39. The normalized spacial score (nSPS) is 12.1. The number of halogens is 2. The summed E-state index contributed by atoms with van der Waals surface area (Å²) >= 11 is 3.31. The molecule has 0 aliphatic rings. The smallest absolute Gasteiger partial charge is 0.150 e. The first-order valence-corrected chi connectivity index (χ1v) is 7.09. The number of benzene rings is 2. The molecule has 0 amide bonds. The van der Waals surface area contributed by atoms with Crippen molar-refractivity contribution < 1.29 is 13.9 Å². The van der Waals surface area contributed by atoms with Crippen LogP contribution in [0.4, 0.5) is 4.39 Å². The van der Waals surface area contributed by atoms with Crippen LogP contribution in [0, 0.1) is 6.07 Å². The average Bonchev–Trinajstić information content (AvgIpc) is 2.49. The highest BCUT2D eigenvalue weighted by Gasteiger charge is 2.11. The zero-order valence-electron chi connectivity index (χ0n) is 10.9.